The summed E-state index contributed by atoms with van der Waals surface area (Å²) in [6.07, 6.45) is 0.374. The molecule has 0 aliphatic heterocycles. The first-order valence-electron chi connectivity index (χ1n) is 3.56. The van der Waals surface area contributed by atoms with Gasteiger partial charge in [-0.05, 0) is 13.3 Å². The Morgan fingerprint density at radius 1 is 1.45 bits per heavy atom. The van der Waals surface area contributed by atoms with Crippen LogP contribution in [0.3, 0.4) is 0 Å². The van der Waals surface area contributed by atoms with Crippen LogP contribution in [0.15, 0.2) is 0 Å². The summed E-state index contributed by atoms with van der Waals surface area (Å²) in [7, 11) is -3.91. The van der Waals surface area contributed by atoms with Gasteiger partial charge in [0.25, 0.3) is 10.1 Å². The van der Waals surface area contributed by atoms with Crippen LogP contribution in [0.4, 0.5) is 0 Å². The van der Waals surface area contributed by atoms with Gasteiger partial charge in [-0.2, -0.15) is 8.42 Å². The molecule has 0 spiro atoms. The topological polar surface area (TPSA) is 63.6 Å². The van der Waals surface area contributed by atoms with Crippen molar-refractivity contribution in [1.82, 2.24) is 0 Å². The van der Waals surface area contributed by atoms with E-state index in [1.165, 1.54) is 0 Å². The smallest absolute Gasteiger partial charge is 0.270 e. The minimum Gasteiger partial charge on any atom is -0.380 e. The summed E-state index contributed by atoms with van der Waals surface area (Å²) >= 11 is 0. The van der Waals surface area contributed by atoms with E-state index in [2.05, 4.69) is 0 Å². The largest absolute Gasteiger partial charge is 0.380 e. The van der Waals surface area contributed by atoms with Gasteiger partial charge in [-0.3, -0.25) is 4.55 Å². The lowest BCUT2D eigenvalue weighted by Crippen LogP contribution is -2.25. The van der Waals surface area contributed by atoms with Gasteiger partial charge in [-0.15, -0.1) is 0 Å². The van der Waals surface area contributed by atoms with Crippen molar-refractivity contribution < 1.29 is 17.7 Å². The van der Waals surface area contributed by atoms with Crippen molar-refractivity contribution in [2.24, 2.45) is 0 Å². The van der Waals surface area contributed by atoms with Gasteiger partial charge in [0.1, 0.15) is 5.25 Å². The Kier molecular flexibility index (Phi) is 4.63. The third-order valence-electron chi connectivity index (χ3n) is 1.38. The highest BCUT2D eigenvalue weighted by Crippen LogP contribution is 2.03. The minimum atomic E-state index is -3.91. The lowest BCUT2D eigenvalue weighted by molar-refractivity contribution is 0.144. The van der Waals surface area contributed by atoms with Crippen molar-refractivity contribution in [2.45, 2.75) is 25.5 Å². The second-order valence-electron chi connectivity index (χ2n) is 2.20. The quantitative estimate of drug-likeness (QED) is 0.635. The van der Waals surface area contributed by atoms with E-state index in [4.69, 9.17) is 9.29 Å². The van der Waals surface area contributed by atoms with Crippen molar-refractivity contribution in [3.8, 4) is 0 Å². The van der Waals surface area contributed by atoms with Crippen LogP contribution in [0.5, 0.6) is 0 Å². The maximum atomic E-state index is 10.5. The fourth-order valence-electron chi connectivity index (χ4n) is 0.664. The standard InChI is InChI=1S/C6H14O4S/c1-3-6(5-10-4-2)11(7,8)9/h6H,3-5H2,1-2H3,(H,7,8,9). The molecule has 0 heterocycles. The van der Waals surface area contributed by atoms with Crippen molar-refractivity contribution >= 4 is 10.1 Å². The molecule has 68 valence electrons. The van der Waals surface area contributed by atoms with E-state index in [0.717, 1.165) is 0 Å². The zero-order chi connectivity index (χ0) is 8.91. The van der Waals surface area contributed by atoms with Crippen LogP contribution in [-0.4, -0.2) is 31.4 Å². The number of rotatable bonds is 5. The molecule has 1 N–H and O–H groups in total. The molecule has 4 nitrogen and oxygen atoms in total. The lowest BCUT2D eigenvalue weighted by Gasteiger charge is -2.10. The second-order valence-corrected chi connectivity index (χ2v) is 3.90. The Morgan fingerprint density at radius 2 is 2.00 bits per heavy atom. The molecule has 0 rings (SSSR count). The summed E-state index contributed by atoms with van der Waals surface area (Å²) in [4.78, 5) is 0. The zero-order valence-electron chi connectivity index (χ0n) is 6.78. The molecule has 1 unspecified atom stereocenters. The van der Waals surface area contributed by atoms with Gasteiger partial charge in [0.15, 0.2) is 0 Å². The normalized spacial score (nSPS) is 14.8. The molecule has 0 bridgehead atoms. The molecule has 0 saturated heterocycles. The average molecular weight is 182 g/mol. The van der Waals surface area contributed by atoms with E-state index < -0.39 is 15.4 Å². The highest BCUT2D eigenvalue weighted by atomic mass is 32.2. The predicted octanol–water partition coefficient (Wildman–Crippen LogP) is 0.689. The molecular formula is C6H14O4S. The van der Waals surface area contributed by atoms with E-state index in [1.807, 2.05) is 0 Å². The monoisotopic (exact) mass is 182 g/mol. The van der Waals surface area contributed by atoms with Gasteiger partial charge >= 0.3 is 0 Å². The van der Waals surface area contributed by atoms with Gasteiger partial charge in [-0.25, -0.2) is 0 Å². The molecule has 0 radical (unpaired) electrons. The molecule has 0 amide bonds. The van der Waals surface area contributed by atoms with Crippen molar-refractivity contribution in [2.75, 3.05) is 13.2 Å². The first kappa shape index (κ1) is 10.9. The molecule has 1 atom stereocenters. The average Bonchev–Trinajstić information content (AvgIpc) is 1.87. The van der Waals surface area contributed by atoms with Crippen LogP contribution < -0.4 is 0 Å². The Balaban J connectivity index is 3.97. The van der Waals surface area contributed by atoms with E-state index in [0.29, 0.717) is 13.0 Å². The molecule has 0 aromatic heterocycles. The fourth-order valence-corrected chi connectivity index (χ4v) is 1.35. The summed E-state index contributed by atoms with van der Waals surface area (Å²) in [5.74, 6) is 0. The summed E-state index contributed by atoms with van der Waals surface area (Å²) in [6, 6.07) is 0. The highest BCUT2D eigenvalue weighted by molar-refractivity contribution is 7.86. The van der Waals surface area contributed by atoms with Crippen LogP contribution in [-0.2, 0) is 14.9 Å². The maximum Gasteiger partial charge on any atom is 0.270 e. The van der Waals surface area contributed by atoms with Crippen molar-refractivity contribution in [1.29, 1.82) is 0 Å². The van der Waals surface area contributed by atoms with Crippen LogP contribution in [0.1, 0.15) is 20.3 Å². The Morgan fingerprint density at radius 3 is 2.27 bits per heavy atom. The molecular weight excluding hydrogens is 168 g/mol. The summed E-state index contributed by atoms with van der Waals surface area (Å²) in [6.45, 7) is 4.01. The van der Waals surface area contributed by atoms with Crippen molar-refractivity contribution in [3.63, 3.8) is 0 Å². The van der Waals surface area contributed by atoms with Gasteiger partial charge in [0.05, 0.1) is 6.61 Å². The lowest BCUT2D eigenvalue weighted by atomic mass is 10.3. The number of ether oxygens (including phenoxy) is 1. The van der Waals surface area contributed by atoms with Gasteiger partial charge < -0.3 is 4.74 Å². The first-order chi connectivity index (χ1) is 5.02. The molecule has 5 heteroatoms. The maximum absolute atomic E-state index is 10.5. The van der Waals surface area contributed by atoms with E-state index in [-0.39, 0.29) is 6.61 Å². The molecule has 0 fully saturated rings. The number of hydrogen-bond donors (Lipinski definition) is 1. The molecule has 0 aromatic carbocycles. The first-order valence-corrected chi connectivity index (χ1v) is 5.06. The van der Waals surface area contributed by atoms with E-state index in [9.17, 15) is 8.42 Å². The Hall–Kier alpha value is -0.130. The van der Waals surface area contributed by atoms with Crippen molar-refractivity contribution in [3.05, 3.63) is 0 Å². The van der Waals surface area contributed by atoms with Gasteiger partial charge in [0.2, 0.25) is 0 Å². The predicted molar refractivity (Wildman–Crippen MR) is 42.1 cm³/mol. The fraction of sp³-hybridized carbons (Fsp3) is 1.00. The molecule has 0 aliphatic rings. The Labute approximate surface area is 67.3 Å². The summed E-state index contributed by atoms with van der Waals surface area (Å²) in [5.41, 5.74) is 0. The SMILES string of the molecule is CCOCC(CC)S(=O)(=O)O. The highest BCUT2D eigenvalue weighted by Gasteiger charge is 2.20. The third kappa shape index (κ3) is 4.34. The zero-order valence-corrected chi connectivity index (χ0v) is 7.60. The second kappa shape index (κ2) is 4.69. The van der Waals surface area contributed by atoms with Gasteiger partial charge in [0, 0.05) is 6.61 Å². The van der Waals surface area contributed by atoms with E-state index in [1.54, 1.807) is 13.8 Å². The molecule has 11 heavy (non-hydrogen) atoms. The summed E-state index contributed by atoms with van der Waals surface area (Å²) in [5, 5.41) is -0.776. The van der Waals surface area contributed by atoms with E-state index >= 15 is 0 Å². The summed E-state index contributed by atoms with van der Waals surface area (Å²) < 4.78 is 34.6. The third-order valence-corrected chi connectivity index (χ3v) is 2.70. The number of hydrogen-bond acceptors (Lipinski definition) is 3. The molecule has 0 aromatic rings. The van der Waals surface area contributed by atoms with Crippen LogP contribution in [0, 0.1) is 0 Å². The molecule has 0 saturated carbocycles. The van der Waals surface area contributed by atoms with Crippen LogP contribution >= 0.6 is 0 Å². The van der Waals surface area contributed by atoms with Crippen LogP contribution in [0.2, 0.25) is 0 Å². The van der Waals surface area contributed by atoms with Gasteiger partial charge in [-0.1, -0.05) is 6.92 Å². The Bertz CT molecular complexity index is 185. The molecule has 0 aliphatic carbocycles. The van der Waals surface area contributed by atoms with Crippen LogP contribution in [0.25, 0.3) is 0 Å². The minimum absolute atomic E-state index is 0.0752.